The van der Waals surface area contributed by atoms with Crippen molar-refractivity contribution in [2.24, 2.45) is 5.73 Å². The fraction of sp³-hybridized carbons (Fsp3) is 0.917. The summed E-state index contributed by atoms with van der Waals surface area (Å²) in [6.45, 7) is 3.87. The Morgan fingerprint density at radius 3 is 3.00 bits per heavy atom. The molecule has 1 unspecified atom stereocenters. The lowest BCUT2D eigenvalue weighted by Gasteiger charge is -2.35. The highest BCUT2D eigenvalue weighted by molar-refractivity contribution is 7.99. The molecule has 0 aliphatic carbocycles. The third-order valence-corrected chi connectivity index (χ3v) is 4.17. The largest absolute Gasteiger partial charge is 0.339 e. The molecular formula is C12H24N2OS. The zero-order valence-corrected chi connectivity index (χ0v) is 11.1. The Kier molecular flexibility index (Phi) is 6.88. The zero-order chi connectivity index (χ0) is 11.8. The molecule has 2 N–H and O–H groups in total. The molecule has 0 aromatic carbocycles. The highest BCUT2D eigenvalue weighted by Crippen LogP contribution is 2.20. The zero-order valence-electron chi connectivity index (χ0n) is 10.3. The van der Waals surface area contributed by atoms with E-state index in [2.05, 4.69) is 11.8 Å². The van der Waals surface area contributed by atoms with E-state index in [1.807, 2.05) is 0 Å². The summed E-state index contributed by atoms with van der Waals surface area (Å²) >= 11 is 1.72. The van der Waals surface area contributed by atoms with Gasteiger partial charge in [0.05, 0.1) is 5.75 Å². The molecule has 1 aliphatic rings. The van der Waals surface area contributed by atoms with Crippen molar-refractivity contribution in [2.45, 2.75) is 45.1 Å². The van der Waals surface area contributed by atoms with Gasteiger partial charge in [0.2, 0.25) is 5.91 Å². The van der Waals surface area contributed by atoms with Gasteiger partial charge < -0.3 is 10.6 Å². The maximum absolute atomic E-state index is 12.0. The summed E-state index contributed by atoms with van der Waals surface area (Å²) in [5.41, 5.74) is 5.42. The molecule has 16 heavy (non-hydrogen) atoms. The first-order valence-electron chi connectivity index (χ1n) is 6.36. The molecule has 0 aromatic rings. The van der Waals surface area contributed by atoms with Crippen LogP contribution in [-0.4, -0.2) is 41.4 Å². The summed E-state index contributed by atoms with van der Waals surface area (Å²) in [4.78, 5) is 14.1. The maximum Gasteiger partial charge on any atom is 0.232 e. The minimum atomic E-state index is 0.327. The number of rotatable bonds is 6. The molecule has 0 bridgehead atoms. The van der Waals surface area contributed by atoms with Gasteiger partial charge in [0.15, 0.2) is 0 Å². The van der Waals surface area contributed by atoms with E-state index in [0.29, 0.717) is 17.7 Å². The second-order valence-electron chi connectivity index (χ2n) is 4.34. The van der Waals surface area contributed by atoms with Gasteiger partial charge in [-0.3, -0.25) is 4.79 Å². The second kappa shape index (κ2) is 7.96. The molecule has 4 heteroatoms. The number of hydrogen-bond donors (Lipinski definition) is 1. The van der Waals surface area contributed by atoms with Gasteiger partial charge in [-0.15, -0.1) is 0 Å². The Hall–Kier alpha value is -0.220. The van der Waals surface area contributed by atoms with Crippen LogP contribution in [0, 0.1) is 0 Å². The van der Waals surface area contributed by atoms with Gasteiger partial charge in [0, 0.05) is 12.6 Å². The van der Waals surface area contributed by atoms with Gasteiger partial charge in [-0.25, -0.2) is 0 Å². The topological polar surface area (TPSA) is 46.3 Å². The summed E-state index contributed by atoms with van der Waals surface area (Å²) in [6.07, 6.45) is 5.75. The fourth-order valence-corrected chi connectivity index (χ4v) is 3.04. The van der Waals surface area contributed by atoms with E-state index < -0.39 is 0 Å². The molecule has 1 aliphatic heterocycles. The lowest BCUT2D eigenvalue weighted by atomic mass is 10.0. The average molecular weight is 244 g/mol. The van der Waals surface area contributed by atoms with Gasteiger partial charge in [-0.1, -0.05) is 6.92 Å². The van der Waals surface area contributed by atoms with Gasteiger partial charge in [-0.2, -0.15) is 11.8 Å². The molecule has 94 valence electrons. The average Bonchev–Trinajstić information content (AvgIpc) is 2.34. The molecular weight excluding hydrogens is 220 g/mol. The summed E-state index contributed by atoms with van der Waals surface area (Å²) in [5.74, 6) is 1.97. The van der Waals surface area contributed by atoms with Gasteiger partial charge in [0.25, 0.3) is 0 Å². The molecule has 0 aromatic heterocycles. The number of nitrogens with zero attached hydrogens (tertiary/aromatic N) is 1. The van der Waals surface area contributed by atoms with Crippen molar-refractivity contribution in [3.05, 3.63) is 0 Å². The Morgan fingerprint density at radius 1 is 1.50 bits per heavy atom. The lowest BCUT2D eigenvalue weighted by molar-refractivity contribution is -0.132. The van der Waals surface area contributed by atoms with Crippen molar-refractivity contribution >= 4 is 17.7 Å². The summed E-state index contributed by atoms with van der Waals surface area (Å²) in [6, 6.07) is 0.497. The second-order valence-corrected chi connectivity index (χ2v) is 5.44. The van der Waals surface area contributed by atoms with E-state index in [1.165, 1.54) is 19.3 Å². The molecule has 3 nitrogen and oxygen atoms in total. The van der Waals surface area contributed by atoms with Gasteiger partial charge >= 0.3 is 0 Å². The summed E-state index contributed by atoms with van der Waals surface area (Å²) < 4.78 is 0. The van der Waals surface area contributed by atoms with Crippen LogP contribution in [0.5, 0.6) is 0 Å². The van der Waals surface area contributed by atoms with E-state index in [9.17, 15) is 4.79 Å². The molecule has 1 heterocycles. The van der Waals surface area contributed by atoms with E-state index in [1.54, 1.807) is 11.8 Å². The quantitative estimate of drug-likeness (QED) is 0.725. The fourth-order valence-electron chi connectivity index (χ4n) is 2.18. The first kappa shape index (κ1) is 13.8. The predicted molar refractivity (Wildman–Crippen MR) is 70.6 cm³/mol. The van der Waals surface area contributed by atoms with Crippen molar-refractivity contribution in [1.29, 1.82) is 0 Å². The SMILES string of the molecule is CCC1CCCCN1C(=O)CSCCCN. The van der Waals surface area contributed by atoms with Gasteiger partial charge in [0.1, 0.15) is 0 Å². The number of piperidine rings is 1. The van der Waals surface area contributed by atoms with Crippen LogP contribution >= 0.6 is 11.8 Å². The Bertz CT molecular complexity index is 211. The lowest BCUT2D eigenvalue weighted by Crippen LogP contribution is -2.44. The highest BCUT2D eigenvalue weighted by atomic mass is 32.2. The van der Waals surface area contributed by atoms with E-state index in [-0.39, 0.29) is 0 Å². The van der Waals surface area contributed by atoms with Crippen LogP contribution in [0.15, 0.2) is 0 Å². The van der Waals surface area contributed by atoms with Crippen LogP contribution in [0.25, 0.3) is 0 Å². The maximum atomic E-state index is 12.0. The Balaban J connectivity index is 2.27. The van der Waals surface area contributed by atoms with Crippen LogP contribution in [-0.2, 0) is 4.79 Å². The van der Waals surface area contributed by atoms with E-state index in [4.69, 9.17) is 5.73 Å². The smallest absolute Gasteiger partial charge is 0.232 e. The third-order valence-electron chi connectivity index (χ3n) is 3.14. The summed E-state index contributed by atoms with van der Waals surface area (Å²) in [5, 5.41) is 0. The Morgan fingerprint density at radius 2 is 2.31 bits per heavy atom. The van der Waals surface area contributed by atoms with E-state index in [0.717, 1.165) is 31.7 Å². The van der Waals surface area contributed by atoms with Crippen molar-refractivity contribution in [1.82, 2.24) is 4.90 Å². The monoisotopic (exact) mass is 244 g/mol. The van der Waals surface area contributed by atoms with Crippen LogP contribution in [0.1, 0.15) is 39.0 Å². The van der Waals surface area contributed by atoms with Gasteiger partial charge in [-0.05, 0) is 44.4 Å². The highest BCUT2D eigenvalue weighted by Gasteiger charge is 2.24. The van der Waals surface area contributed by atoms with Crippen LogP contribution in [0.2, 0.25) is 0 Å². The molecule has 0 saturated carbocycles. The van der Waals surface area contributed by atoms with Crippen LogP contribution in [0.4, 0.5) is 0 Å². The summed E-state index contributed by atoms with van der Waals surface area (Å²) in [7, 11) is 0. The molecule has 1 atom stereocenters. The van der Waals surface area contributed by atoms with E-state index >= 15 is 0 Å². The van der Waals surface area contributed by atoms with Crippen molar-refractivity contribution < 1.29 is 4.79 Å². The Labute approximate surface area is 103 Å². The number of hydrogen-bond acceptors (Lipinski definition) is 3. The minimum absolute atomic E-state index is 0.327. The number of carbonyl (C=O) groups excluding carboxylic acids is 1. The predicted octanol–water partition coefficient (Wildman–Crippen LogP) is 1.86. The van der Waals surface area contributed by atoms with Crippen molar-refractivity contribution in [3.8, 4) is 0 Å². The molecule has 1 amide bonds. The molecule has 1 rings (SSSR count). The normalized spacial score (nSPS) is 21.1. The number of thioether (sulfide) groups is 1. The minimum Gasteiger partial charge on any atom is -0.339 e. The van der Waals surface area contributed by atoms with Crippen molar-refractivity contribution in [2.75, 3.05) is 24.6 Å². The standard InChI is InChI=1S/C12H24N2OS/c1-2-11-6-3-4-8-14(11)12(15)10-16-9-5-7-13/h11H,2-10,13H2,1H3. The first-order chi connectivity index (χ1) is 7.79. The number of likely N-dealkylation sites (tertiary alicyclic amines) is 1. The third kappa shape index (κ3) is 4.34. The molecule has 1 saturated heterocycles. The van der Waals surface area contributed by atoms with Crippen molar-refractivity contribution in [3.63, 3.8) is 0 Å². The molecule has 0 radical (unpaired) electrons. The number of amides is 1. The number of nitrogens with two attached hydrogens (primary N) is 1. The molecule has 0 spiro atoms. The number of carbonyl (C=O) groups is 1. The molecule has 1 fully saturated rings. The first-order valence-corrected chi connectivity index (χ1v) is 7.52. The van der Waals surface area contributed by atoms with Crippen LogP contribution in [0.3, 0.4) is 0 Å². The van der Waals surface area contributed by atoms with Crippen LogP contribution < -0.4 is 5.73 Å².